The monoisotopic (exact) mass is 1010 g/mol. The molecule has 0 amide bonds. The van der Waals surface area contributed by atoms with Crippen molar-refractivity contribution in [1.29, 1.82) is 0 Å². The molecule has 11 aromatic carbocycles. The van der Waals surface area contributed by atoms with E-state index in [2.05, 4.69) is 268 Å². The van der Waals surface area contributed by atoms with E-state index >= 15 is 0 Å². The first-order valence-corrected chi connectivity index (χ1v) is 28.7. The third kappa shape index (κ3) is 5.52. The Kier molecular flexibility index (Phi) is 8.47. The summed E-state index contributed by atoms with van der Waals surface area (Å²) in [5.74, 6) is 1.58. The van der Waals surface area contributed by atoms with Crippen molar-refractivity contribution in [3.8, 4) is 28.6 Å². The van der Waals surface area contributed by atoms with E-state index in [4.69, 9.17) is 16.5 Å². The van der Waals surface area contributed by atoms with E-state index in [1.165, 1.54) is 43.4 Å². The van der Waals surface area contributed by atoms with E-state index < -0.39 is 6.04 Å². The molecule has 3 aliphatic rings. The number of anilines is 6. The average molecular weight is 1010 g/mol. The minimum atomic E-state index is -3.00. The minimum Gasteiger partial charge on any atom is -0.456 e. The molecule has 0 atom stereocenters. The van der Waals surface area contributed by atoms with Gasteiger partial charge in [0.1, 0.15) is 11.5 Å². The lowest BCUT2D eigenvalue weighted by Crippen LogP contribution is -2.45. The number of hydrogen-bond acceptors (Lipinski definition) is 4. The summed E-state index contributed by atoms with van der Waals surface area (Å²) < 4.78 is 15.0. The summed E-state index contributed by atoms with van der Waals surface area (Å²) in [6, 6.07) is 81.8. The molecular formula is C68H44N5OPS. The average Bonchev–Trinajstić information content (AvgIpc) is 4.21. The molecule has 358 valence electrons. The van der Waals surface area contributed by atoms with Crippen LogP contribution in [0, 0.1) is 13.8 Å². The van der Waals surface area contributed by atoms with Gasteiger partial charge in [-0.15, -0.1) is 0 Å². The first-order valence-electron chi connectivity index (χ1n) is 25.9. The Morgan fingerprint density at radius 2 is 0.566 bits per heavy atom. The number of aryl methyl sites for hydroxylation is 2. The molecule has 0 aliphatic carbocycles. The van der Waals surface area contributed by atoms with Crippen LogP contribution in [0.25, 0.3) is 82.5 Å². The van der Waals surface area contributed by atoms with Gasteiger partial charge in [-0.05, 0) is 98.8 Å². The molecule has 0 bridgehead atoms. The number of aromatic nitrogens is 3. The SMILES string of the molecule is Cc1ccc(N2c3cc(-n4c5ccccc5c5ccccc54)cc4c3P3(=S)c5c(cc(-n6c7ccccc7c7ccccc76)cc5N(c5ccc(C)cc5)c5cc(-n6c7ccccc7c7ccccc76)cc2c53)O4)cc1. The standard InChI is InChI=1S/C68H44N5OPS/c1-41-27-31-43(32-28-41)69-60-35-45(71-54-21-9-3-15-48(54)49-16-4-10-22-55(49)71)36-61-66(60)75(76)67-62(69)37-46(72-56-23-11-5-17-50(56)51-18-6-12-24-57(51)72)39-64(67)74-65-40-47(38-63(68(65)75)70(61)44-33-29-42(2)30-34-44)73-58-25-13-7-19-52(58)53-20-8-14-26-59(53)73/h3-40H,1-2H3. The lowest BCUT2D eigenvalue weighted by Gasteiger charge is -2.49. The molecule has 0 unspecified atom stereocenters. The molecule has 6 heterocycles. The van der Waals surface area contributed by atoms with Gasteiger partial charge in [0.05, 0.1) is 89.6 Å². The summed E-state index contributed by atoms with van der Waals surface area (Å²) in [6.07, 6.45) is 0. The van der Waals surface area contributed by atoms with Crippen molar-refractivity contribution in [1.82, 2.24) is 13.7 Å². The molecule has 3 aliphatic heterocycles. The molecule has 0 spiro atoms. The zero-order chi connectivity index (χ0) is 50.1. The summed E-state index contributed by atoms with van der Waals surface area (Å²) in [7, 11) is 0. The Bertz CT molecular complexity index is 4520. The Balaban J connectivity index is 1.06. The molecule has 8 heteroatoms. The highest BCUT2D eigenvalue weighted by Gasteiger charge is 2.52. The minimum absolute atomic E-state index is 0.791. The molecule has 76 heavy (non-hydrogen) atoms. The number of rotatable bonds is 5. The van der Waals surface area contributed by atoms with Crippen molar-refractivity contribution >= 4 is 133 Å². The van der Waals surface area contributed by atoms with Crippen LogP contribution >= 0.6 is 6.04 Å². The second-order valence-electron chi connectivity index (χ2n) is 20.6. The van der Waals surface area contributed by atoms with E-state index in [0.29, 0.717) is 0 Å². The van der Waals surface area contributed by atoms with Gasteiger partial charge in [-0.1, -0.05) is 156 Å². The fraction of sp³-hybridized carbons (Fsp3) is 0.0294. The Morgan fingerprint density at radius 3 is 0.868 bits per heavy atom. The van der Waals surface area contributed by atoms with Crippen molar-refractivity contribution in [3.05, 3.63) is 242 Å². The number of para-hydroxylation sites is 6. The molecular weight excluding hydrogens is 966 g/mol. The highest BCUT2D eigenvalue weighted by atomic mass is 32.4. The summed E-state index contributed by atoms with van der Waals surface area (Å²) in [6.45, 7) is 4.32. The Labute approximate surface area is 443 Å². The van der Waals surface area contributed by atoms with Crippen LogP contribution in [-0.2, 0) is 11.8 Å². The fourth-order valence-electron chi connectivity index (χ4n) is 13.2. The van der Waals surface area contributed by atoms with Crippen molar-refractivity contribution in [2.45, 2.75) is 13.8 Å². The van der Waals surface area contributed by atoms with Gasteiger partial charge in [0, 0.05) is 61.1 Å². The van der Waals surface area contributed by atoms with Crippen molar-refractivity contribution in [2.75, 3.05) is 9.80 Å². The largest absolute Gasteiger partial charge is 0.456 e. The summed E-state index contributed by atoms with van der Waals surface area (Å²) >= 11 is 7.78. The second-order valence-corrected chi connectivity index (χ2v) is 24.8. The molecule has 0 saturated carbocycles. The molecule has 0 radical (unpaired) electrons. The predicted molar refractivity (Wildman–Crippen MR) is 322 cm³/mol. The van der Waals surface area contributed by atoms with Crippen molar-refractivity contribution in [3.63, 3.8) is 0 Å². The number of benzene rings is 11. The van der Waals surface area contributed by atoms with Crippen LogP contribution in [0.15, 0.2) is 231 Å². The summed E-state index contributed by atoms with van der Waals surface area (Å²) in [5, 5.41) is 10.5. The third-order valence-electron chi connectivity index (χ3n) is 16.4. The number of nitrogens with zero attached hydrogens (tertiary/aromatic N) is 5. The summed E-state index contributed by atoms with van der Waals surface area (Å²) in [4.78, 5) is 4.99. The van der Waals surface area contributed by atoms with E-state index in [1.54, 1.807) is 0 Å². The molecule has 14 aromatic rings. The van der Waals surface area contributed by atoms with Crippen LogP contribution in [0.3, 0.4) is 0 Å². The summed E-state index contributed by atoms with van der Waals surface area (Å²) in [5.41, 5.74) is 18.6. The van der Waals surface area contributed by atoms with Crippen LogP contribution in [0.5, 0.6) is 11.5 Å². The first-order chi connectivity index (χ1) is 37.4. The second kappa shape index (κ2) is 15.2. The lowest BCUT2D eigenvalue weighted by atomic mass is 10.1. The first kappa shape index (κ1) is 42.2. The maximum Gasteiger partial charge on any atom is 0.140 e. The zero-order valence-electron chi connectivity index (χ0n) is 41.4. The van der Waals surface area contributed by atoms with E-state index in [0.717, 1.165) is 112 Å². The van der Waals surface area contributed by atoms with E-state index in [-0.39, 0.29) is 0 Å². The molecule has 3 aromatic heterocycles. The topological polar surface area (TPSA) is 30.5 Å². The smallest absolute Gasteiger partial charge is 0.140 e. The fourth-order valence-corrected chi connectivity index (χ4v) is 18.3. The Hall–Kier alpha value is -9.13. The van der Waals surface area contributed by atoms with Crippen molar-refractivity contribution < 1.29 is 4.74 Å². The number of ether oxygens (including phenoxy) is 1. The quantitative estimate of drug-likeness (QED) is 0.161. The van der Waals surface area contributed by atoms with Gasteiger partial charge in [0.2, 0.25) is 0 Å². The van der Waals surface area contributed by atoms with Crippen LogP contribution in [0.4, 0.5) is 34.1 Å². The van der Waals surface area contributed by atoms with Gasteiger partial charge < -0.3 is 28.2 Å². The molecule has 0 N–H and O–H groups in total. The van der Waals surface area contributed by atoms with Crippen LogP contribution in [0.1, 0.15) is 11.1 Å². The van der Waals surface area contributed by atoms with E-state index in [1.807, 2.05) is 0 Å². The van der Waals surface area contributed by atoms with Gasteiger partial charge in [-0.2, -0.15) is 0 Å². The van der Waals surface area contributed by atoms with Gasteiger partial charge in [0.25, 0.3) is 0 Å². The van der Waals surface area contributed by atoms with Crippen molar-refractivity contribution in [2.24, 2.45) is 0 Å². The molecule has 6 nitrogen and oxygen atoms in total. The normalized spacial score (nSPS) is 13.9. The highest BCUT2D eigenvalue weighted by Crippen LogP contribution is 2.67. The van der Waals surface area contributed by atoms with E-state index in [9.17, 15) is 0 Å². The highest BCUT2D eigenvalue weighted by molar-refractivity contribution is 8.26. The maximum absolute atomic E-state index is 7.78. The van der Waals surface area contributed by atoms with Gasteiger partial charge in [-0.3, -0.25) is 0 Å². The Morgan fingerprint density at radius 1 is 0.303 bits per heavy atom. The third-order valence-corrected chi connectivity index (χ3v) is 21.3. The van der Waals surface area contributed by atoms with Gasteiger partial charge >= 0.3 is 0 Å². The lowest BCUT2D eigenvalue weighted by molar-refractivity contribution is 0.488. The van der Waals surface area contributed by atoms with Crippen LogP contribution in [-0.4, -0.2) is 13.7 Å². The van der Waals surface area contributed by atoms with Gasteiger partial charge in [0.15, 0.2) is 0 Å². The van der Waals surface area contributed by atoms with Crippen LogP contribution < -0.4 is 30.5 Å². The number of hydrogen-bond donors (Lipinski definition) is 0. The molecule has 0 saturated heterocycles. The number of fused-ring (bicyclic) bond motifs is 9. The zero-order valence-corrected chi connectivity index (χ0v) is 43.2. The van der Waals surface area contributed by atoms with Crippen LogP contribution in [0.2, 0.25) is 0 Å². The maximum atomic E-state index is 7.78. The van der Waals surface area contributed by atoms with Gasteiger partial charge in [-0.25, -0.2) is 0 Å². The predicted octanol–water partition coefficient (Wildman–Crippen LogP) is 17.0. The molecule has 17 rings (SSSR count). The molecule has 0 fully saturated rings.